The molecule has 0 heteroatoms. The van der Waals surface area contributed by atoms with E-state index >= 15 is 0 Å². The van der Waals surface area contributed by atoms with E-state index in [4.69, 9.17) is 0 Å². The maximum absolute atomic E-state index is 2.56. The van der Waals surface area contributed by atoms with Crippen molar-refractivity contribution in [2.45, 2.75) is 24.7 Å². The van der Waals surface area contributed by atoms with Crippen LogP contribution in [0, 0.1) is 23.7 Å². The van der Waals surface area contributed by atoms with Crippen LogP contribution in [-0.2, 0) is 0 Å². The van der Waals surface area contributed by atoms with Gasteiger partial charge in [-0.3, -0.25) is 0 Å². The van der Waals surface area contributed by atoms with Crippen molar-refractivity contribution in [2.75, 3.05) is 0 Å². The van der Waals surface area contributed by atoms with Crippen LogP contribution in [0.25, 0.3) is 22.3 Å². The molecule has 7 rings (SSSR count). The molecule has 2 fully saturated rings. The van der Waals surface area contributed by atoms with Gasteiger partial charge in [0.15, 0.2) is 0 Å². The van der Waals surface area contributed by atoms with Gasteiger partial charge in [-0.2, -0.15) is 0 Å². The van der Waals surface area contributed by atoms with E-state index < -0.39 is 0 Å². The van der Waals surface area contributed by atoms with Crippen molar-refractivity contribution in [1.82, 2.24) is 0 Å². The zero-order chi connectivity index (χ0) is 18.2. The van der Waals surface area contributed by atoms with Crippen molar-refractivity contribution in [3.63, 3.8) is 0 Å². The first-order chi connectivity index (χ1) is 13.9. The summed E-state index contributed by atoms with van der Waals surface area (Å²) in [6.07, 6.45) is 7.78. The molecule has 0 nitrogen and oxygen atoms in total. The molecule has 28 heavy (non-hydrogen) atoms. The third kappa shape index (κ3) is 1.82. The molecule has 4 aliphatic rings. The van der Waals surface area contributed by atoms with Gasteiger partial charge in [0.25, 0.3) is 0 Å². The first kappa shape index (κ1) is 15.3. The van der Waals surface area contributed by atoms with Crippen molar-refractivity contribution in [1.29, 1.82) is 0 Å². The summed E-state index contributed by atoms with van der Waals surface area (Å²) in [7, 11) is 0. The van der Waals surface area contributed by atoms with Crippen LogP contribution in [0.4, 0.5) is 0 Å². The number of hydrogen-bond acceptors (Lipinski definition) is 0. The first-order valence-electron chi connectivity index (χ1n) is 10.9. The van der Waals surface area contributed by atoms with Crippen LogP contribution in [0.1, 0.15) is 35.8 Å². The number of fused-ring (bicyclic) bond motifs is 13. The van der Waals surface area contributed by atoms with Gasteiger partial charge in [0, 0.05) is 0 Å². The molecule has 0 heterocycles. The average Bonchev–Trinajstić information content (AvgIpc) is 3.46. The molecular formula is C28H24. The molecule has 0 aliphatic heterocycles. The molecule has 0 unspecified atom stereocenters. The molecule has 2 saturated carbocycles. The molecule has 0 amide bonds. The standard InChI is InChI=1S/C28H24/c1-2-8-17(9-3-1)18-12-6-15-23-26(18)21-10-4-5-11-22(21)27-24-16-25(28(23)27)20-14-7-13-19(20)24/h1-12,14-15,19-20,24-25,27-28H,13,16H2/t19-,20+,24+,25-,27+,28-/m0/s1. The second kappa shape index (κ2) is 5.47. The average molecular weight is 361 g/mol. The zero-order valence-electron chi connectivity index (χ0n) is 16.0. The van der Waals surface area contributed by atoms with Crippen molar-refractivity contribution in [2.24, 2.45) is 23.7 Å². The maximum Gasteiger partial charge on any atom is -0.00496 e. The molecular weight excluding hydrogens is 336 g/mol. The van der Waals surface area contributed by atoms with E-state index in [9.17, 15) is 0 Å². The van der Waals surface area contributed by atoms with Crippen molar-refractivity contribution < 1.29 is 0 Å². The van der Waals surface area contributed by atoms with E-state index in [1.165, 1.54) is 35.1 Å². The zero-order valence-corrected chi connectivity index (χ0v) is 16.0. The summed E-state index contributed by atoms with van der Waals surface area (Å²) in [6.45, 7) is 0. The Bertz CT molecular complexity index is 1110. The van der Waals surface area contributed by atoms with Gasteiger partial charge in [-0.25, -0.2) is 0 Å². The van der Waals surface area contributed by atoms with Crippen LogP contribution in [0.15, 0.2) is 84.9 Å². The SMILES string of the molecule is C1=C[C@@H]2[C@H](C1)[C@H]1C[C@@H]2[C@@H]2c3cccc(-c4ccccc4)c3-c3ccccc3[C@H]12. The van der Waals surface area contributed by atoms with Gasteiger partial charge in [0.1, 0.15) is 0 Å². The Labute approximate surface area is 166 Å². The molecule has 0 saturated heterocycles. The van der Waals surface area contributed by atoms with Gasteiger partial charge in [0.2, 0.25) is 0 Å². The monoisotopic (exact) mass is 360 g/mol. The lowest BCUT2D eigenvalue weighted by Crippen LogP contribution is -2.32. The third-order valence-electron chi connectivity index (χ3n) is 8.29. The molecule has 6 atom stereocenters. The highest BCUT2D eigenvalue weighted by atomic mass is 14.6. The van der Waals surface area contributed by atoms with Gasteiger partial charge in [-0.05, 0) is 81.7 Å². The van der Waals surface area contributed by atoms with Crippen LogP contribution in [0.3, 0.4) is 0 Å². The fourth-order valence-electron chi connectivity index (χ4n) is 7.46. The van der Waals surface area contributed by atoms with E-state index in [-0.39, 0.29) is 0 Å². The van der Waals surface area contributed by atoms with Gasteiger partial charge < -0.3 is 0 Å². The van der Waals surface area contributed by atoms with Crippen LogP contribution in [0.5, 0.6) is 0 Å². The summed E-state index contributed by atoms with van der Waals surface area (Å²) >= 11 is 0. The molecule has 3 aromatic carbocycles. The smallest absolute Gasteiger partial charge is 0.00496 e. The molecule has 0 radical (unpaired) electrons. The van der Waals surface area contributed by atoms with Gasteiger partial charge in [-0.1, -0.05) is 84.9 Å². The Morgan fingerprint density at radius 1 is 0.607 bits per heavy atom. The van der Waals surface area contributed by atoms with Crippen molar-refractivity contribution in [3.05, 3.63) is 96.1 Å². The predicted molar refractivity (Wildman–Crippen MR) is 115 cm³/mol. The van der Waals surface area contributed by atoms with Crippen molar-refractivity contribution in [3.8, 4) is 22.3 Å². The molecule has 2 bridgehead atoms. The van der Waals surface area contributed by atoms with E-state index in [1.54, 1.807) is 11.1 Å². The summed E-state index contributed by atoms with van der Waals surface area (Å²) in [5, 5.41) is 0. The highest BCUT2D eigenvalue weighted by Gasteiger charge is 2.60. The maximum atomic E-state index is 2.56. The number of allylic oxidation sites excluding steroid dienone is 2. The van der Waals surface area contributed by atoms with E-state index in [2.05, 4.69) is 84.9 Å². The van der Waals surface area contributed by atoms with Crippen LogP contribution < -0.4 is 0 Å². The van der Waals surface area contributed by atoms with E-state index in [0.717, 1.165) is 29.6 Å². The largest absolute Gasteiger partial charge is 0.0879 e. The molecule has 0 N–H and O–H groups in total. The van der Waals surface area contributed by atoms with Gasteiger partial charge >= 0.3 is 0 Å². The quantitative estimate of drug-likeness (QED) is 0.408. The summed E-state index contributed by atoms with van der Waals surface area (Å²) in [6, 6.07) is 27.4. The molecule has 0 spiro atoms. The molecule has 136 valence electrons. The molecule has 0 aromatic heterocycles. The van der Waals surface area contributed by atoms with Crippen LogP contribution in [-0.4, -0.2) is 0 Å². The second-order valence-corrected chi connectivity index (χ2v) is 9.24. The Kier molecular flexibility index (Phi) is 3.00. The molecule has 4 aliphatic carbocycles. The Hall–Kier alpha value is -2.60. The predicted octanol–water partition coefficient (Wildman–Crippen LogP) is 7.04. The minimum Gasteiger partial charge on any atom is -0.0879 e. The second-order valence-electron chi connectivity index (χ2n) is 9.24. The summed E-state index contributed by atoms with van der Waals surface area (Å²) in [4.78, 5) is 0. The van der Waals surface area contributed by atoms with E-state index in [1.807, 2.05) is 0 Å². The van der Waals surface area contributed by atoms with Gasteiger partial charge in [-0.15, -0.1) is 0 Å². The third-order valence-corrected chi connectivity index (χ3v) is 8.29. The highest BCUT2D eigenvalue weighted by Crippen LogP contribution is 2.70. The lowest BCUT2D eigenvalue weighted by atomic mass is 9.60. The topological polar surface area (TPSA) is 0 Å². The fraction of sp³-hybridized carbons (Fsp3) is 0.286. The van der Waals surface area contributed by atoms with Crippen LogP contribution >= 0.6 is 0 Å². The normalized spacial score (nSPS) is 33.3. The highest BCUT2D eigenvalue weighted by molar-refractivity contribution is 5.89. The lowest BCUT2D eigenvalue weighted by molar-refractivity contribution is 0.223. The van der Waals surface area contributed by atoms with Crippen molar-refractivity contribution >= 4 is 0 Å². The summed E-state index contributed by atoms with van der Waals surface area (Å²) < 4.78 is 0. The minimum absolute atomic E-state index is 0.697. The van der Waals surface area contributed by atoms with Crippen LogP contribution in [0.2, 0.25) is 0 Å². The minimum atomic E-state index is 0.697. The number of rotatable bonds is 1. The first-order valence-corrected chi connectivity index (χ1v) is 10.9. The Morgan fingerprint density at radius 2 is 1.36 bits per heavy atom. The Balaban J connectivity index is 1.51. The van der Waals surface area contributed by atoms with E-state index in [0.29, 0.717) is 5.92 Å². The Morgan fingerprint density at radius 3 is 2.29 bits per heavy atom. The fourth-order valence-corrected chi connectivity index (χ4v) is 7.46. The number of benzene rings is 3. The van der Waals surface area contributed by atoms with Gasteiger partial charge in [0.05, 0.1) is 0 Å². The lowest BCUT2D eigenvalue weighted by Gasteiger charge is -2.43. The summed E-state index contributed by atoms with van der Waals surface area (Å²) in [5.41, 5.74) is 9.00. The summed E-state index contributed by atoms with van der Waals surface area (Å²) in [5.74, 6) is 4.84. The number of hydrogen-bond donors (Lipinski definition) is 0. The molecule has 3 aromatic rings.